The number of anilines is 10. The van der Waals surface area contributed by atoms with Gasteiger partial charge in [-0.05, 0) is 209 Å². The minimum atomic E-state index is -0.803. The molecule has 2 saturated heterocycles. The standard InChI is InChI=1S/C21H30N2S2.C19H24N4O4S.C14H16N4OS.C11H11N3O2S.C8H8N2S.C7H13ClO/c1-5-22(6-2)18-9-13-20(14-10-18)24-17-25-21-15-11-19(12-16-21)23(7-3)8-4;1-3-22(4-2)11-5-6-15-12(7-11)20-18-16(28-15)9-23(19(26)21-18)17-8-13(25)14(10-24)27-17;1-3-18(4-2)9-5-6-11-10(7-9)16-13-12(20-11)8-15-14(19)17-13;1-6-2-3-8(7(12)4-6)17-9-5-13-11(16)14-10(9)15;1-5-10-7-4-6(9)2-3-8(7)11-5;1-3-6-5(2)4-7(8)9-6/h9-16H,5-8,17H2,1-4H3;5-7,9,13-14,17,24-25H,3-4,8,10H2,1-2H3,(H,20,21,26);5-8H,3-4H2,1-2H3,(H2,15,16,17,19);2-5H,12H2,1H3,(H2,13,14,15,16);2-4H,9H2,1H3;5-7H,3-4H2,1-2H3/t;13-,14-,17-;;;;5-,6-,7+/m.1...1/s1. The molecule has 0 unspecified atom stereocenters. The molecule has 0 aliphatic carbocycles. The molecule has 110 heavy (non-hydrogen) atoms. The van der Waals surface area contributed by atoms with E-state index in [2.05, 4.69) is 214 Å². The number of H-pyrrole nitrogens is 3. The summed E-state index contributed by atoms with van der Waals surface area (Å²) >= 11 is 15.6. The van der Waals surface area contributed by atoms with Gasteiger partial charge in [0.2, 0.25) is 0 Å². The average molecular weight is 1630 g/mol. The molecule has 4 aromatic heterocycles. The van der Waals surface area contributed by atoms with E-state index in [0.29, 0.717) is 28.4 Å². The SMILES string of the molecule is CCN(CC)c1ccc(SCSc2ccc(N(CC)CC)cc2)cc1.CCN(CC)c1ccc2c(c1)Nc1[nH]c(=O)ncc1S2.CCN(CC)c1ccc2c(c1)Nc1nc(=O)n([C@H]3C[C@@H](O)[C@@H](CO)O3)cc1S2.CC[C@H]1O[C@H](Cl)C[C@H]1C.Cc1ccc(Sc2c[nH]c(=O)[nH]c2=O)c(N)c1.Cc1nc2cc(N)ccc2s1. The number of aliphatic hydroxyl groups excluding tert-OH is 2. The summed E-state index contributed by atoms with van der Waals surface area (Å²) in [5.74, 6) is 1.89. The minimum Gasteiger partial charge on any atom is -0.399 e. The minimum absolute atomic E-state index is 0.0232. The molecule has 4 aliphatic rings. The number of aromatic amines is 3. The molecule has 0 bridgehead atoms. The first-order valence-corrected chi connectivity index (χ1v) is 42.8. The lowest BCUT2D eigenvalue weighted by Gasteiger charge is -2.25. The number of nitrogen functional groups attached to an aromatic ring is 2. The van der Waals surface area contributed by atoms with Crippen LogP contribution in [0.4, 0.5) is 57.1 Å². The van der Waals surface area contributed by atoms with Crippen molar-refractivity contribution in [2.45, 2.75) is 172 Å². The molecule has 4 aliphatic heterocycles. The molecule has 588 valence electrons. The van der Waals surface area contributed by atoms with Crippen LogP contribution < -0.4 is 64.3 Å². The third-order valence-corrected chi connectivity index (χ3v) is 25.2. The Balaban J connectivity index is 0.000000157. The van der Waals surface area contributed by atoms with Crippen LogP contribution in [0.25, 0.3) is 10.2 Å². The third kappa shape index (κ3) is 23.5. The van der Waals surface area contributed by atoms with Gasteiger partial charge in [0.15, 0.2) is 5.82 Å². The van der Waals surface area contributed by atoms with Gasteiger partial charge in [0.05, 0.1) is 66.3 Å². The van der Waals surface area contributed by atoms with Crippen LogP contribution >= 0.6 is 81.7 Å². The van der Waals surface area contributed by atoms with Gasteiger partial charge < -0.3 is 66.4 Å². The molecule has 30 heteroatoms. The van der Waals surface area contributed by atoms with E-state index in [1.165, 1.54) is 65.8 Å². The number of fused-ring (bicyclic) bond motifs is 5. The number of halogens is 1. The molecule has 0 saturated carbocycles. The van der Waals surface area contributed by atoms with E-state index in [1.54, 1.807) is 35.5 Å². The van der Waals surface area contributed by atoms with Crippen LogP contribution in [-0.4, -0.2) is 133 Å². The second-order valence-electron chi connectivity index (χ2n) is 25.8. The number of thiazole rings is 1. The lowest BCUT2D eigenvalue weighted by molar-refractivity contribution is -0.0460. The number of nitrogens with two attached hydrogens (primary N) is 2. The number of thioether (sulfide) groups is 2. The van der Waals surface area contributed by atoms with Gasteiger partial charge in [-0.3, -0.25) is 19.3 Å². The molecule has 0 radical (unpaired) electrons. The Morgan fingerprint density at radius 2 is 1.19 bits per heavy atom. The number of hydrogen-bond donors (Lipinski definition) is 9. The number of nitrogens with zero attached hydrogens (tertiary/aromatic N) is 8. The van der Waals surface area contributed by atoms with Gasteiger partial charge in [0.1, 0.15) is 23.7 Å². The van der Waals surface area contributed by atoms with Crippen molar-refractivity contribution in [1.82, 2.24) is 34.5 Å². The predicted molar refractivity (Wildman–Crippen MR) is 461 cm³/mol. The molecular formula is C80H102ClN15O8S6. The Labute approximate surface area is 673 Å². The molecule has 10 aromatic rings. The summed E-state index contributed by atoms with van der Waals surface area (Å²) in [6.45, 7) is 33.3. The predicted octanol–water partition coefficient (Wildman–Crippen LogP) is 16.7. The number of aliphatic hydroxyl groups is 2. The summed E-state index contributed by atoms with van der Waals surface area (Å²) in [4.78, 5) is 82.8. The normalized spacial score (nSPS) is 16.8. The van der Waals surface area contributed by atoms with E-state index >= 15 is 0 Å². The van der Waals surface area contributed by atoms with Crippen LogP contribution in [0.5, 0.6) is 0 Å². The van der Waals surface area contributed by atoms with E-state index in [9.17, 15) is 29.4 Å². The fourth-order valence-electron chi connectivity index (χ4n) is 12.5. The second kappa shape index (κ2) is 42.0. The number of ether oxygens (including phenoxy) is 2. The van der Waals surface area contributed by atoms with E-state index in [-0.39, 0.29) is 24.3 Å². The van der Waals surface area contributed by atoms with Gasteiger partial charge in [-0.25, -0.2) is 24.4 Å². The number of aryl methyl sites for hydroxylation is 2. The number of rotatable bonds is 21. The highest BCUT2D eigenvalue weighted by atomic mass is 35.5. The molecule has 6 aromatic carbocycles. The second-order valence-corrected chi connectivity index (χ2v) is 33.3. The summed E-state index contributed by atoms with van der Waals surface area (Å²) in [7, 11) is 0. The Hall–Kier alpha value is -8.07. The van der Waals surface area contributed by atoms with Gasteiger partial charge >= 0.3 is 17.1 Å². The number of benzene rings is 6. The lowest BCUT2D eigenvalue weighted by Crippen LogP contribution is -2.29. The largest absolute Gasteiger partial charge is 0.399 e. The van der Waals surface area contributed by atoms with Gasteiger partial charge in [-0.15, -0.1) is 34.9 Å². The molecule has 14 rings (SSSR count). The smallest absolute Gasteiger partial charge is 0.351 e. The van der Waals surface area contributed by atoms with E-state index in [0.717, 1.165) is 139 Å². The number of alkyl halides is 1. The van der Waals surface area contributed by atoms with Crippen molar-refractivity contribution in [2.24, 2.45) is 5.92 Å². The van der Waals surface area contributed by atoms with E-state index < -0.39 is 35.4 Å². The Kier molecular flexibility index (Phi) is 32.8. The lowest BCUT2D eigenvalue weighted by atomic mass is 10.0. The number of aromatic nitrogens is 7. The maximum Gasteiger partial charge on any atom is 0.351 e. The zero-order valence-corrected chi connectivity index (χ0v) is 70.0. The summed E-state index contributed by atoms with van der Waals surface area (Å²) in [5, 5.41) is 27.9. The maximum absolute atomic E-state index is 12.5. The van der Waals surface area contributed by atoms with Crippen LogP contribution in [0.2, 0.25) is 0 Å². The van der Waals surface area contributed by atoms with Gasteiger partial charge in [-0.2, -0.15) is 4.98 Å². The molecule has 8 heterocycles. The first kappa shape index (κ1) is 85.9. The number of hydrogen-bond acceptors (Lipinski definition) is 25. The van der Waals surface area contributed by atoms with Crippen molar-refractivity contribution in [3.8, 4) is 0 Å². The van der Waals surface area contributed by atoms with Crippen LogP contribution in [-0.2, 0) is 9.47 Å². The van der Waals surface area contributed by atoms with Crippen molar-refractivity contribution >= 4 is 149 Å². The van der Waals surface area contributed by atoms with Crippen LogP contribution in [0.3, 0.4) is 0 Å². The molecule has 6 atom stereocenters. The van der Waals surface area contributed by atoms with E-state index in [4.69, 9.17) is 32.5 Å². The van der Waals surface area contributed by atoms with Crippen LogP contribution in [0.15, 0.2) is 198 Å². The highest BCUT2D eigenvalue weighted by Gasteiger charge is 2.36. The molecule has 0 spiro atoms. The Bertz CT molecular complexity index is 4810. The average Bonchev–Trinajstić information content (AvgIpc) is 1.09. The van der Waals surface area contributed by atoms with Crippen LogP contribution in [0, 0.1) is 19.8 Å². The first-order chi connectivity index (χ1) is 53.0. The summed E-state index contributed by atoms with van der Waals surface area (Å²) in [6.07, 6.45) is 5.33. The van der Waals surface area contributed by atoms with Gasteiger partial charge in [0.25, 0.3) is 5.56 Å². The summed E-state index contributed by atoms with van der Waals surface area (Å²) in [5.41, 5.74) is 20.0. The zero-order valence-electron chi connectivity index (χ0n) is 64.3. The Morgan fingerprint density at radius 1 is 0.627 bits per heavy atom. The summed E-state index contributed by atoms with van der Waals surface area (Å²) < 4.78 is 13.6. The van der Waals surface area contributed by atoms with Crippen molar-refractivity contribution in [3.63, 3.8) is 0 Å². The van der Waals surface area contributed by atoms with E-state index in [1.807, 2.05) is 73.8 Å². The first-order valence-electron chi connectivity index (χ1n) is 37.1. The molecular weight excluding hydrogens is 1530 g/mol. The fourth-order valence-corrected chi connectivity index (χ4v) is 18.4. The molecule has 23 nitrogen and oxygen atoms in total. The zero-order chi connectivity index (χ0) is 79.1. The monoisotopic (exact) mass is 1630 g/mol. The van der Waals surface area contributed by atoms with Gasteiger partial charge in [-0.1, -0.05) is 66.8 Å². The fraction of sp³-hybridized carbons (Fsp3) is 0.388. The highest BCUT2D eigenvalue weighted by molar-refractivity contribution is 8.16. The van der Waals surface area contributed by atoms with Crippen molar-refractivity contribution in [2.75, 3.05) is 106 Å². The number of nitrogens with one attached hydrogen (secondary N) is 5. The van der Waals surface area contributed by atoms with Crippen LogP contribution in [0.1, 0.15) is 105 Å². The molecule has 2 fully saturated rings. The van der Waals surface area contributed by atoms with Gasteiger partial charge in [0, 0.05) is 135 Å². The summed E-state index contributed by atoms with van der Waals surface area (Å²) in [6, 6.07) is 41.9. The highest BCUT2D eigenvalue weighted by Crippen LogP contribution is 2.46. The Morgan fingerprint density at radius 3 is 1.71 bits per heavy atom. The molecule has 0 amide bonds. The maximum atomic E-state index is 12.5. The van der Waals surface area contributed by atoms with Crippen molar-refractivity contribution < 1.29 is 19.7 Å². The van der Waals surface area contributed by atoms with Crippen molar-refractivity contribution in [1.29, 1.82) is 0 Å². The third-order valence-electron chi connectivity index (χ3n) is 18.5. The quantitative estimate of drug-likeness (QED) is 0.0140. The molecule has 11 N–H and O–H groups in total. The van der Waals surface area contributed by atoms with Crippen molar-refractivity contribution in [3.05, 3.63) is 192 Å². The topological polar surface area (TPSA) is 307 Å².